The highest BCUT2D eigenvalue weighted by atomic mass is 32.2. The zero-order valence-electron chi connectivity index (χ0n) is 9.50. The van der Waals surface area contributed by atoms with Gasteiger partial charge in [-0.2, -0.15) is 0 Å². The summed E-state index contributed by atoms with van der Waals surface area (Å²) in [7, 11) is -2.85. The van der Waals surface area contributed by atoms with Crippen LogP contribution in [0.15, 0.2) is 24.3 Å². The number of aliphatic hydroxyl groups excluding tert-OH is 1. The number of hydrogen-bond donors (Lipinski definition) is 1. The van der Waals surface area contributed by atoms with E-state index in [-0.39, 0.29) is 30.6 Å². The molecule has 0 aromatic heterocycles. The van der Waals surface area contributed by atoms with Crippen molar-refractivity contribution in [3.8, 4) is 5.75 Å². The molecule has 2 rings (SSSR count). The summed E-state index contributed by atoms with van der Waals surface area (Å²) in [6, 6.07) is 7.45. The molecule has 1 fully saturated rings. The van der Waals surface area contributed by atoms with E-state index in [0.717, 1.165) is 5.56 Å². The van der Waals surface area contributed by atoms with Crippen LogP contribution in [0.1, 0.15) is 17.9 Å². The molecule has 94 valence electrons. The molecule has 1 heterocycles. The molecular weight excluding hydrogens is 240 g/mol. The van der Waals surface area contributed by atoms with Crippen molar-refractivity contribution in [3.05, 3.63) is 29.8 Å². The van der Waals surface area contributed by atoms with Crippen LogP contribution in [0.5, 0.6) is 5.75 Å². The Hall–Kier alpha value is -1.07. The van der Waals surface area contributed by atoms with Crippen LogP contribution in [-0.4, -0.2) is 38.2 Å². The summed E-state index contributed by atoms with van der Waals surface area (Å²) < 4.78 is 28.1. The van der Waals surface area contributed by atoms with Crippen LogP contribution in [0.3, 0.4) is 0 Å². The Balaban J connectivity index is 2.11. The quantitative estimate of drug-likeness (QED) is 0.871. The fraction of sp³-hybridized carbons (Fsp3) is 0.500. The van der Waals surface area contributed by atoms with E-state index < -0.39 is 9.84 Å². The van der Waals surface area contributed by atoms with Crippen molar-refractivity contribution in [2.45, 2.75) is 12.3 Å². The van der Waals surface area contributed by atoms with Crippen molar-refractivity contribution >= 4 is 9.84 Å². The summed E-state index contributed by atoms with van der Waals surface area (Å²) in [5.41, 5.74) is 1.00. The van der Waals surface area contributed by atoms with Gasteiger partial charge in [-0.05, 0) is 30.0 Å². The van der Waals surface area contributed by atoms with Crippen molar-refractivity contribution in [1.29, 1.82) is 0 Å². The SMILES string of the molecule is O=S1(=O)CCC(c2cccc(OCCO)c2)C1. The minimum absolute atomic E-state index is 0.0258. The molecule has 1 unspecified atom stereocenters. The first-order valence-corrected chi connectivity index (χ1v) is 7.47. The van der Waals surface area contributed by atoms with Gasteiger partial charge in [0.05, 0.1) is 18.1 Å². The Bertz CT molecular complexity index is 481. The molecule has 1 saturated heterocycles. The number of rotatable bonds is 4. The van der Waals surface area contributed by atoms with Crippen LogP contribution in [0.4, 0.5) is 0 Å². The third-order valence-electron chi connectivity index (χ3n) is 2.92. The number of sulfone groups is 1. The lowest BCUT2D eigenvalue weighted by atomic mass is 9.99. The lowest BCUT2D eigenvalue weighted by Gasteiger charge is -2.10. The number of aliphatic hydroxyl groups is 1. The van der Waals surface area contributed by atoms with Gasteiger partial charge in [-0.25, -0.2) is 8.42 Å². The van der Waals surface area contributed by atoms with Gasteiger partial charge in [-0.15, -0.1) is 0 Å². The summed E-state index contributed by atoms with van der Waals surface area (Å²) in [6.45, 7) is 0.231. The van der Waals surface area contributed by atoms with E-state index in [1.54, 1.807) is 0 Å². The summed E-state index contributed by atoms with van der Waals surface area (Å²) in [6.07, 6.45) is 0.686. The molecular formula is C12H16O4S. The molecule has 0 saturated carbocycles. The molecule has 4 nitrogen and oxygen atoms in total. The van der Waals surface area contributed by atoms with E-state index in [4.69, 9.17) is 9.84 Å². The molecule has 0 spiro atoms. The van der Waals surface area contributed by atoms with Crippen LogP contribution in [0.25, 0.3) is 0 Å². The standard InChI is InChI=1S/C12H16O4S/c13-5-6-16-12-3-1-2-10(8-12)11-4-7-17(14,15)9-11/h1-3,8,11,13H,4-7,9H2. The van der Waals surface area contributed by atoms with Crippen LogP contribution in [0, 0.1) is 0 Å². The molecule has 0 aliphatic carbocycles. The highest BCUT2D eigenvalue weighted by molar-refractivity contribution is 7.91. The van der Waals surface area contributed by atoms with Gasteiger partial charge >= 0.3 is 0 Å². The van der Waals surface area contributed by atoms with Crippen molar-refractivity contribution in [3.63, 3.8) is 0 Å². The molecule has 1 N–H and O–H groups in total. The molecule has 1 aromatic rings. The second-order valence-electron chi connectivity index (χ2n) is 4.24. The van der Waals surface area contributed by atoms with Crippen LogP contribution < -0.4 is 4.74 Å². The van der Waals surface area contributed by atoms with Gasteiger partial charge in [-0.3, -0.25) is 0 Å². The first kappa shape index (κ1) is 12.4. The Labute approximate surface area is 101 Å². The normalized spacial score (nSPS) is 22.5. The van der Waals surface area contributed by atoms with Gasteiger partial charge in [0, 0.05) is 0 Å². The van der Waals surface area contributed by atoms with E-state index in [9.17, 15) is 8.42 Å². The van der Waals surface area contributed by atoms with Crippen molar-refractivity contribution < 1.29 is 18.3 Å². The third-order valence-corrected chi connectivity index (χ3v) is 4.69. The number of hydrogen-bond acceptors (Lipinski definition) is 4. The maximum atomic E-state index is 11.4. The average molecular weight is 256 g/mol. The van der Waals surface area contributed by atoms with E-state index in [1.807, 2.05) is 24.3 Å². The molecule has 1 atom stereocenters. The lowest BCUT2D eigenvalue weighted by Crippen LogP contribution is -2.05. The highest BCUT2D eigenvalue weighted by Gasteiger charge is 2.28. The fourth-order valence-corrected chi connectivity index (χ4v) is 3.86. The van der Waals surface area contributed by atoms with Crippen LogP contribution in [0.2, 0.25) is 0 Å². The maximum Gasteiger partial charge on any atom is 0.150 e. The molecule has 0 amide bonds. The van der Waals surface area contributed by atoms with Gasteiger partial charge in [0.1, 0.15) is 12.4 Å². The molecule has 1 aliphatic heterocycles. The summed E-state index contributed by atoms with van der Waals surface area (Å²) in [5, 5.41) is 8.67. The van der Waals surface area contributed by atoms with Crippen molar-refractivity contribution in [1.82, 2.24) is 0 Å². The minimum atomic E-state index is -2.85. The maximum absolute atomic E-state index is 11.4. The lowest BCUT2D eigenvalue weighted by molar-refractivity contribution is 0.201. The van der Waals surface area contributed by atoms with Crippen LogP contribution >= 0.6 is 0 Å². The zero-order chi connectivity index (χ0) is 12.3. The molecule has 5 heteroatoms. The zero-order valence-corrected chi connectivity index (χ0v) is 10.3. The number of ether oxygens (including phenoxy) is 1. The second-order valence-corrected chi connectivity index (χ2v) is 6.47. The van der Waals surface area contributed by atoms with Crippen molar-refractivity contribution in [2.75, 3.05) is 24.7 Å². The monoisotopic (exact) mass is 256 g/mol. The molecule has 0 radical (unpaired) electrons. The predicted octanol–water partition coefficient (Wildman–Crippen LogP) is 0.960. The Morgan fingerprint density at radius 1 is 1.41 bits per heavy atom. The summed E-state index contributed by atoms with van der Waals surface area (Å²) in [5.74, 6) is 1.27. The fourth-order valence-electron chi connectivity index (χ4n) is 2.08. The summed E-state index contributed by atoms with van der Waals surface area (Å²) >= 11 is 0. The summed E-state index contributed by atoms with van der Waals surface area (Å²) in [4.78, 5) is 0. The van der Waals surface area contributed by atoms with Gasteiger partial charge in [0.2, 0.25) is 0 Å². The van der Waals surface area contributed by atoms with Gasteiger partial charge in [0.25, 0.3) is 0 Å². The molecule has 0 bridgehead atoms. The third kappa shape index (κ3) is 3.20. The van der Waals surface area contributed by atoms with E-state index in [2.05, 4.69) is 0 Å². The molecule has 17 heavy (non-hydrogen) atoms. The molecule has 1 aliphatic rings. The van der Waals surface area contributed by atoms with Crippen molar-refractivity contribution in [2.24, 2.45) is 0 Å². The molecule has 1 aromatic carbocycles. The highest BCUT2D eigenvalue weighted by Crippen LogP contribution is 2.30. The van der Waals surface area contributed by atoms with E-state index >= 15 is 0 Å². The smallest absolute Gasteiger partial charge is 0.150 e. The minimum Gasteiger partial charge on any atom is -0.491 e. The average Bonchev–Trinajstić information content (AvgIpc) is 2.67. The first-order valence-electron chi connectivity index (χ1n) is 5.65. The van der Waals surface area contributed by atoms with E-state index in [0.29, 0.717) is 12.2 Å². The second kappa shape index (κ2) is 5.06. The first-order chi connectivity index (χ1) is 8.11. The Kier molecular flexibility index (Phi) is 3.69. The van der Waals surface area contributed by atoms with E-state index in [1.165, 1.54) is 0 Å². The van der Waals surface area contributed by atoms with Gasteiger partial charge < -0.3 is 9.84 Å². The number of benzene rings is 1. The van der Waals surface area contributed by atoms with Gasteiger partial charge in [0.15, 0.2) is 9.84 Å². The predicted molar refractivity (Wildman–Crippen MR) is 65.0 cm³/mol. The Morgan fingerprint density at radius 3 is 2.88 bits per heavy atom. The topological polar surface area (TPSA) is 63.6 Å². The largest absolute Gasteiger partial charge is 0.491 e. The van der Waals surface area contributed by atoms with Crippen LogP contribution in [-0.2, 0) is 9.84 Å². The Morgan fingerprint density at radius 2 is 2.24 bits per heavy atom. The van der Waals surface area contributed by atoms with Gasteiger partial charge in [-0.1, -0.05) is 12.1 Å².